The third-order valence-electron chi connectivity index (χ3n) is 4.80. The lowest BCUT2D eigenvalue weighted by Crippen LogP contribution is -2.41. The van der Waals surface area contributed by atoms with Gasteiger partial charge in [0.2, 0.25) is 11.8 Å². The number of carbonyl (C=O) groups is 2. The SMILES string of the molecule is CC1=CCC2C(=O)N(C3CCCCC3)C(=O)C2C1. The van der Waals surface area contributed by atoms with E-state index in [4.69, 9.17) is 0 Å². The Kier molecular flexibility index (Phi) is 3.00. The monoisotopic (exact) mass is 247 g/mol. The molecule has 0 N–H and O–H groups in total. The van der Waals surface area contributed by atoms with Crippen LogP contribution in [0.4, 0.5) is 0 Å². The van der Waals surface area contributed by atoms with Gasteiger partial charge >= 0.3 is 0 Å². The van der Waals surface area contributed by atoms with E-state index >= 15 is 0 Å². The van der Waals surface area contributed by atoms with Gasteiger partial charge in [0, 0.05) is 6.04 Å². The van der Waals surface area contributed by atoms with Crippen LogP contribution in [-0.2, 0) is 9.59 Å². The summed E-state index contributed by atoms with van der Waals surface area (Å²) in [6, 6.07) is 0.199. The van der Waals surface area contributed by atoms with Gasteiger partial charge in [-0.15, -0.1) is 0 Å². The van der Waals surface area contributed by atoms with Crippen molar-refractivity contribution in [2.45, 2.75) is 57.9 Å². The van der Waals surface area contributed by atoms with Crippen molar-refractivity contribution in [1.82, 2.24) is 4.90 Å². The fraction of sp³-hybridized carbons (Fsp3) is 0.733. The number of likely N-dealkylation sites (tertiary alicyclic amines) is 1. The number of carbonyl (C=O) groups excluding carboxylic acids is 2. The largest absolute Gasteiger partial charge is 0.279 e. The van der Waals surface area contributed by atoms with E-state index in [1.807, 2.05) is 0 Å². The first-order valence-electron chi connectivity index (χ1n) is 7.21. The summed E-state index contributed by atoms with van der Waals surface area (Å²) in [5, 5.41) is 0. The van der Waals surface area contributed by atoms with Crippen molar-refractivity contribution in [3.8, 4) is 0 Å². The molecule has 18 heavy (non-hydrogen) atoms. The zero-order chi connectivity index (χ0) is 12.7. The lowest BCUT2D eigenvalue weighted by Gasteiger charge is -2.29. The molecule has 1 saturated heterocycles. The molecule has 3 heteroatoms. The van der Waals surface area contributed by atoms with Gasteiger partial charge in [-0.1, -0.05) is 30.9 Å². The van der Waals surface area contributed by atoms with Crippen molar-refractivity contribution < 1.29 is 9.59 Å². The van der Waals surface area contributed by atoms with Gasteiger partial charge in [0.05, 0.1) is 11.8 Å². The molecule has 1 saturated carbocycles. The maximum Gasteiger partial charge on any atom is 0.233 e. The van der Waals surface area contributed by atoms with Gasteiger partial charge in [0.15, 0.2) is 0 Å². The van der Waals surface area contributed by atoms with Crippen LogP contribution in [0.3, 0.4) is 0 Å². The van der Waals surface area contributed by atoms with Crippen molar-refractivity contribution >= 4 is 11.8 Å². The minimum atomic E-state index is -0.0527. The van der Waals surface area contributed by atoms with E-state index in [9.17, 15) is 9.59 Å². The number of rotatable bonds is 1. The summed E-state index contributed by atoms with van der Waals surface area (Å²) in [5.74, 6) is 0.123. The first-order valence-corrected chi connectivity index (χ1v) is 7.21. The topological polar surface area (TPSA) is 37.4 Å². The summed E-state index contributed by atoms with van der Waals surface area (Å²) in [4.78, 5) is 26.5. The van der Waals surface area contributed by atoms with Crippen molar-refractivity contribution in [2.24, 2.45) is 11.8 Å². The molecule has 1 aliphatic heterocycles. The molecule has 1 heterocycles. The number of imide groups is 1. The summed E-state index contributed by atoms with van der Waals surface area (Å²) in [6.07, 6.45) is 9.30. The van der Waals surface area contributed by atoms with E-state index in [1.54, 1.807) is 4.90 Å². The van der Waals surface area contributed by atoms with E-state index < -0.39 is 0 Å². The van der Waals surface area contributed by atoms with Crippen LogP contribution in [0.5, 0.6) is 0 Å². The second kappa shape index (κ2) is 4.52. The highest BCUT2D eigenvalue weighted by Crippen LogP contribution is 2.40. The Hall–Kier alpha value is -1.12. The zero-order valence-electron chi connectivity index (χ0n) is 11.0. The van der Waals surface area contributed by atoms with Crippen molar-refractivity contribution in [1.29, 1.82) is 0 Å². The molecule has 3 nitrogen and oxygen atoms in total. The van der Waals surface area contributed by atoms with Gasteiger partial charge in [-0.05, 0) is 32.6 Å². The summed E-state index contributed by atoms with van der Waals surface area (Å²) >= 11 is 0. The van der Waals surface area contributed by atoms with Gasteiger partial charge in [-0.2, -0.15) is 0 Å². The fourth-order valence-electron chi connectivity index (χ4n) is 3.76. The number of amides is 2. The predicted octanol–water partition coefficient (Wildman–Crippen LogP) is 2.66. The minimum absolute atomic E-state index is 0.0515. The molecule has 0 bridgehead atoms. The van der Waals surface area contributed by atoms with Crippen LogP contribution in [-0.4, -0.2) is 22.8 Å². The second-order valence-electron chi connectivity index (χ2n) is 6.04. The van der Waals surface area contributed by atoms with Crippen molar-refractivity contribution in [2.75, 3.05) is 0 Å². The molecule has 0 radical (unpaired) electrons. The number of fused-ring (bicyclic) bond motifs is 1. The highest BCUT2D eigenvalue weighted by atomic mass is 16.2. The summed E-state index contributed by atoms with van der Waals surface area (Å²) in [7, 11) is 0. The molecular weight excluding hydrogens is 226 g/mol. The van der Waals surface area contributed by atoms with Gasteiger partial charge in [-0.25, -0.2) is 0 Å². The van der Waals surface area contributed by atoms with Crippen LogP contribution in [0.25, 0.3) is 0 Å². The van der Waals surface area contributed by atoms with E-state index in [1.165, 1.54) is 12.0 Å². The van der Waals surface area contributed by atoms with Crippen molar-refractivity contribution in [3.05, 3.63) is 11.6 Å². The average molecular weight is 247 g/mol. The zero-order valence-corrected chi connectivity index (χ0v) is 11.0. The second-order valence-corrected chi connectivity index (χ2v) is 6.04. The molecule has 98 valence electrons. The third-order valence-corrected chi connectivity index (χ3v) is 4.80. The molecule has 2 unspecified atom stereocenters. The lowest BCUT2D eigenvalue weighted by atomic mass is 9.82. The van der Waals surface area contributed by atoms with Crippen LogP contribution in [0, 0.1) is 11.8 Å². The molecule has 0 aromatic heterocycles. The van der Waals surface area contributed by atoms with Crippen molar-refractivity contribution in [3.63, 3.8) is 0 Å². The Labute approximate surface area is 108 Å². The molecule has 0 aromatic rings. The number of allylic oxidation sites excluding steroid dienone is 2. The van der Waals surface area contributed by atoms with Crippen LogP contribution >= 0.6 is 0 Å². The summed E-state index contributed by atoms with van der Waals surface area (Å²) in [5.41, 5.74) is 1.27. The van der Waals surface area contributed by atoms with Crippen LogP contribution in [0.2, 0.25) is 0 Å². The van der Waals surface area contributed by atoms with Crippen LogP contribution in [0.1, 0.15) is 51.9 Å². The standard InChI is InChI=1S/C15H21NO2/c1-10-7-8-12-13(9-10)15(18)16(14(12)17)11-5-3-2-4-6-11/h7,11-13H,2-6,8-9H2,1H3. The van der Waals surface area contributed by atoms with Gasteiger partial charge in [-0.3, -0.25) is 14.5 Å². The molecule has 2 atom stereocenters. The highest BCUT2D eigenvalue weighted by molar-refractivity contribution is 6.05. The Morgan fingerprint density at radius 3 is 2.44 bits per heavy atom. The maximum absolute atomic E-state index is 12.5. The first-order chi connectivity index (χ1) is 8.68. The number of nitrogens with zero attached hydrogens (tertiary/aromatic N) is 1. The molecule has 2 amide bonds. The smallest absolute Gasteiger partial charge is 0.233 e. The third kappa shape index (κ3) is 1.80. The van der Waals surface area contributed by atoms with Crippen LogP contribution in [0.15, 0.2) is 11.6 Å². The fourth-order valence-corrected chi connectivity index (χ4v) is 3.76. The Morgan fingerprint density at radius 1 is 1.06 bits per heavy atom. The number of hydrogen-bond donors (Lipinski definition) is 0. The molecule has 0 aromatic carbocycles. The van der Waals surface area contributed by atoms with E-state index in [0.29, 0.717) is 0 Å². The van der Waals surface area contributed by atoms with Gasteiger partial charge < -0.3 is 0 Å². The molecule has 2 fully saturated rings. The molecule has 2 aliphatic carbocycles. The van der Waals surface area contributed by atoms with E-state index in [-0.39, 0.29) is 29.7 Å². The molecule has 0 spiro atoms. The average Bonchev–Trinajstić information content (AvgIpc) is 2.63. The van der Waals surface area contributed by atoms with Crippen LogP contribution < -0.4 is 0 Å². The first kappa shape index (κ1) is 11.9. The lowest BCUT2D eigenvalue weighted by molar-refractivity contribution is -0.143. The minimum Gasteiger partial charge on any atom is -0.279 e. The van der Waals surface area contributed by atoms with E-state index in [2.05, 4.69) is 13.0 Å². The summed E-state index contributed by atoms with van der Waals surface area (Å²) in [6.45, 7) is 2.07. The molecule has 3 aliphatic rings. The molecule has 3 rings (SSSR count). The summed E-state index contributed by atoms with van der Waals surface area (Å²) < 4.78 is 0. The maximum atomic E-state index is 12.5. The van der Waals surface area contributed by atoms with Gasteiger partial charge in [0.1, 0.15) is 0 Å². The van der Waals surface area contributed by atoms with Gasteiger partial charge in [0.25, 0.3) is 0 Å². The predicted molar refractivity (Wildman–Crippen MR) is 68.7 cm³/mol. The quantitative estimate of drug-likeness (QED) is 0.527. The highest BCUT2D eigenvalue weighted by Gasteiger charge is 2.50. The normalized spacial score (nSPS) is 33.6. The van der Waals surface area contributed by atoms with E-state index in [0.717, 1.165) is 38.5 Å². The Morgan fingerprint density at radius 2 is 1.72 bits per heavy atom. The number of hydrogen-bond acceptors (Lipinski definition) is 2. The Bertz CT molecular complexity index is 407. The molecular formula is C15H21NO2. The Balaban J connectivity index is 1.81.